The molecule has 0 aliphatic carbocycles. The summed E-state index contributed by atoms with van der Waals surface area (Å²) in [7, 11) is 0. The Morgan fingerprint density at radius 3 is 2.91 bits per heavy atom. The van der Waals surface area contributed by atoms with Gasteiger partial charge in [-0.25, -0.2) is 0 Å². The number of amides is 1. The molecule has 0 spiro atoms. The molecule has 0 aliphatic heterocycles. The summed E-state index contributed by atoms with van der Waals surface area (Å²) in [5.74, 6) is -0.00164. The van der Waals surface area contributed by atoms with Crippen LogP contribution in [0.25, 0.3) is 11.3 Å². The van der Waals surface area contributed by atoms with E-state index in [2.05, 4.69) is 25.7 Å². The van der Waals surface area contributed by atoms with Crippen molar-refractivity contribution >= 4 is 11.6 Å². The number of aromatic nitrogens is 4. The van der Waals surface area contributed by atoms with Gasteiger partial charge in [0.1, 0.15) is 5.69 Å². The maximum Gasteiger partial charge on any atom is 0.224 e. The van der Waals surface area contributed by atoms with E-state index in [0.717, 1.165) is 35.5 Å². The summed E-state index contributed by atoms with van der Waals surface area (Å²) in [6.45, 7) is 0. The molecule has 0 saturated carbocycles. The fraction of sp³-hybridized carbons (Fsp3) is 0.176. The Bertz CT molecular complexity index is 756. The van der Waals surface area contributed by atoms with Gasteiger partial charge < -0.3 is 5.32 Å². The van der Waals surface area contributed by atoms with Crippen LogP contribution in [0.1, 0.15) is 18.5 Å². The topological polar surface area (TPSA) is 83.6 Å². The van der Waals surface area contributed by atoms with Gasteiger partial charge in [0.25, 0.3) is 0 Å². The van der Waals surface area contributed by atoms with E-state index in [1.54, 1.807) is 12.4 Å². The van der Waals surface area contributed by atoms with Crippen LogP contribution in [0, 0.1) is 0 Å². The second-order valence-corrected chi connectivity index (χ2v) is 5.16. The number of hydrogen-bond acceptors (Lipinski definition) is 4. The van der Waals surface area contributed by atoms with Crippen LogP contribution in [0.4, 0.5) is 5.69 Å². The molecule has 1 aromatic carbocycles. The van der Waals surface area contributed by atoms with Gasteiger partial charge in [-0.3, -0.25) is 9.78 Å². The average Bonchev–Trinajstić information content (AvgIpc) is 3.11. The number of carbonyl (C=O) groups excluding carboxylic acids is 1. The molecule has 3 rings (SSSR count). The molecular weight excluding hydrogens is 290 g/mol. The summed E-state index contributed by atoms with van der Waals surface area (Å²) in [6, 6.07) is 13.4. The van der Waals surface area contributed by atoms with Crippen molar-refractivity contribution in [3.8, 4) is 11.3 Å². The lowest BCUT2D eigenvalue weighted by molar-refractivity contribution is -0.116. The maximum absolute atomic E-state index is 12.0. The first-order valence-corrected chi connectivity index (χ1v) is 7.47. The minimum absolute atomic E-state index is 0.00164. The molecule has 6 heteroatoms. The zero-order chi connectivity index (χ0) is 15.9. The quantitative estimate of drug-likeness (QED) is 0.733. The van der Waals surface area contributed by atoms with E-state index in [9.17, 15) is 4.79 Å². The van der Waals surface area contributed by atoms with Crippen molar-refractivity contribution in [3.05, 3.63) is 60.6 Å². The zero-order valence-corrected chi connectivity index (χ0v) is 12.6. The van der Waals surface area contributed by atoms with Crippen molar-refractivity contribution in [3.63, 3.8) is 0 Å². The van der Waals surface area contributed by atoms with Crippen LogP contribution in [0.2, 0.25) is 0 Å². The van der Waals surface area contributed by atoms with Crippen molar-refractivity contribution in [1.82, 2.24) is 20.4 Å². The molecule has 2 N–H and O–H groups in total. The summed E-state index contributed by atoms with van der Waals surface area (Å²) < 4.78 is 0. The molecule has 0 saturated heterocycles. The van der Waals surface area contributed by atoms with E-state index < -0.39 is 0 Å². The number of aromatic amines is 1. The van der Waals surface area contributed by atoms with Gasteiger partial charge in [0, 0.05) is 29.6 Å². The standard InChI is InChI=1S/C17H17N5O/c23-17(9-4-7-14-6-1-2-10-18-14)20-15-8-3-5-13(11-15)16-12-19-22-21-16/h1-3,5-6,8,10-12H,4,7,9H2,(H,20,23)(H,19,21,22). The maximum atomic E-state index is 12.0. The van der Waals surface area contributed by atoms with Gasteiger partial charge in [-0.05, 0) is 37.1 Å². The highest BCUT2D eigenvalue weighted by molar-refractivity contribution is 5.91. The number of aryl methyl sites for hydroxylation is 1. The van der Waals surface area contributed by atoms with Crippen LogP contribution in [-0.2, 0) is 11.2 Å². The Morgan fingerprint density at radius 1 is 1.17 bits per heavy atom. The van der Waals surface area contributed by atoms with Gasteiger partial charge in [-0.15, -0.1) is 0 Å². The van der Waals surface area contributed by atoms with Crippen LogP contribution in [-0.4, -0.2) is 26.3 Å². The largest absolute Gasteiger partial charge is 0.326 e. The van der Waals surface area contributed by atoms with E-state index >= 15 is 0 Å². The predicted molar refractivity (Wildman–Crippen MR) is 87.6 cm³/mol. The number of nitrogens with zero attached hydrogens (tertiary/aromatic N) is 3. The molecule has 0 unspecified atom stereocenters. The third-order valence-corrected chi connectivity index (χ3v) is 3.42. The number of benzene rings is 1. The molecule has 3 aromatic rings. The van der Waals surface area contributed by atoms with Gasteiger partial charge in [0.15, 0.2) is 0 Å². The molecule has 0 radical (unpaired) electrons. The minimum Gasteiger partial charge on any atom is -0.326 e. The predicted octanol–water partition coefficient (Wildman–Crippen LogP) is 2.83. The molecule has 2 heterocycles. The van der Waals surface area contributed by atoms with Crippen molar-refractivity contribution < 1.29 is 4.79 Å². The molecule has 1 amide bonds. The van der Waals surface area contributed by atoms with Crippen LogP contribution in [0.15, 0.2) is 54.9 Å². The normalized spacial score (nSPS) is 10.4. The van der Waals surface area contributed by atoms with Crippen LogP contribution >= 0.6 is 0 Å². The van der Waals surface area contributed by atoms with Crippen LogP contribution in [0.3, 0.4) is 0 Å². The fourth-order valence-corrected chi connectivity index (χ4v) is 2.30. The van der Waals surface area contributed by atoms with E-state index in [4.69, 9.17) is 0 Å². The molecule has 6 nitrogen and oxygen atoms in total. The number of hydrogen-bond donors (Lipinski definition) is 2. The third kappa shape index (κ3) is 4.23. The van der Waals surface area contributed by atoms with Gasteiger partial charge in [0.2, 0.25) is 5.91 Å². The first-order chi connectivity index (χ1) is 11.3. The number of pyridine rings is 1. The first-order valence-electron chi connectivity index (χ1n) is 7.47. The molecule has 0 fully saturated rings. The number of nitrogens with one attached hydrogen (secondary N) is 2. The lowest BCUT2D eigenvalue weighted by Crippen LogP contribution is -2.11. The Morgan fingerprint density at radius 2 is 2.13 bits per heavy atom. The van der Waals surface area contributed by atoms with Crippen molar-refractivity contribution in [2.45, 2.75) is 19.3 Å². The Kier molecular flexibility index (Phi) is 4.73. The molecular formula is C17H17N5O. The lowest BCUT2D eigenvalue weighted by Gasteiger charge is -2.06. The third-order valence-electron chi connectivity index (χ3n) is 3.42. The molecule has 23 heavy (non-hydrogen) atoms. The molecule has 0 aliphatic rings. The highest BCUT2D eigenvalue weighted by Crippen LogP contribution is 2.19. The number of anilines is 1. The molecule has 0 bridgehead atoms. The van der Waals surface area contributed by atoms with Gasteiger partial charge in [-0.2, -0.15) is 15.4 Å². The van der Waals surface area contributed by atoms with E-state index in [-0.39, 0.29) is 5.91 Å². The van der Waals surface area contributed by atoms with E-state index in [1.165, 1.54) is 0 Å². The smallest absolute Gasteiger partial charge is 0.224 e. The Hall–Kier alpha value is -3.02. The highest BCUT2D eigenvalue weighted by Gasteiger charge is 2.06. The summed E-state index contributed by atoms with van der Waals surface area (Å²) in [6.07, 6.45) is 5.45. The van der Waals surface area contributed by atoms with Crippen LogP contribution < -0.4 is 5.32 Å². The SMILES string of the molecule is O=C(CCCc1ccccn1)Nc1cccc(-c2cn[nH]n2)c1. The van der Waals surface area contributed by atoms with Crippen molar-refractivity contribution in [2.24, 2.45) is 0 Å². The van der Waals surface area contributed by atoms with Gasteiger partial charge in [0.05, 0.1) is 6.20 Å². The summed E-state index contributed by atoms with van der Waals surface area (Å²) in [5, 5.41) is 13.3. The van der Waals surface area contributed by atoms with Crippen LogP contribution in [0.5, 0.6) is 0 Å². The summed E-state index contributed by atoms with van der Waals surface area (Å²) in [4.78, 5) is 16.3. The Labute approximate surface area is 134 Å². The minimum atomic E-state index is -0.00164. The monoisotopic (exact) mass is 307 g/mol. The van der Waals surface area contributed by atoms with Crippen molar-refractivity contribution in [2.75, 3.05) is 5.32 Å². The van der Waals surface area contributed by atoms with Gasteiger partial charge in [-0.1, -0.05) is 18.2 Å². The highest BCUT2D eigenvalue weighted by atomic mass is 16.1. The molecule has 0 atom stereocenters. The molecule has 116 valence electrons. The van der Waals surface area contributed by atoms with Crippen molar-refractivity contribution in [1.29, 1.82) is 0 Å². The average molecular weight is 307 g/mol. The number of rotatable bonds is 6. The first kappa shape index (κ1) is 14.9. The van der Waals surface area contributed by atoms with E-state index in [1.807, 2.05) is 42.5 Å². The second-order valence-electron chi connectivity index (χ2n) is 5.16. The summed E-state index contributed by atoms with van der Waals surface area (Å²) >= 11 is 0. The number of carbonyl (C=O) groups is 1. The van der Waals surface area contributed by atoms with Gasteiger partial charge >= 0.3 is 0 Å². The summed E-state index contributed by atoms with van der Waals surface area (Å²) in [5.41, 5.74) is 3.42. The molecule has 2 aromatic heterocycles. The Balaban J connectivity index is 1.53. The fourth-order valence-electron chi connectivity index (χ4n) is 2.30. The second kappa shape index (κ2) is 7.31. The van der Waals surface area contributed by atoms with E-state index in [0.29, 0.717) is 6.42 Å². The number of H-pyrrole nitrogens is 1. The lowest BCUT2D eigenvalue weighted by atomic mass is 10.1. The zero-order valence-electron chi connectivity index (χ0n) is 12.6.